The number of hydrogen-bond acceptors (Lipinski definition) is 3. The fourth-order valence-electron chi connectivity index (χ4n) is 7.34. The molecule has 5 nitrogen and oxygen atoms in total. The molecule has 216 valence electrons. The van der Waals surface area contributed by atoms with E-state index in [1.54, 1.807) is 28.8 Å². The van der Waals surface area contributed by atoms with Gasteiger partial charge in [0.2, 0.25) is 0 Å². The molecule has 0 radical (unpaired) electrons. The molecule has 7 aromatic carbocycles. The average Bonchev–Trinajstić information content (AvgIpc) is 3.07. The minimum atomic E-state index is -0.369. The van der Waals surface area contributed by atoms with Crippen molar-refractivity contribution in [3.05, 3.63) is 134 Å². The van der Waals surface area contributed by atoms with E-state index in [0.717, 1.165) is 48.7 Å². The second-order valence-corrected chi connectivity index (χ2v) is 12.1. The minimum absolute atomic E-state index is 0.164. The first-order valence-corrected chi connectivity index (χ1v) is 15.2. The van der Waals surface area contributed by atoms with Crippen molar-refractivity contribution < 1.29 is 9.59 Å². The Hall–Kier alpha value is -5.96. The molecule has 0 aliphatic carbocycles. The molecular formula is C40H21ClN2O3. The fourth-order valence-corrected chi connectivity index (χ4v) is 7.47. The van der Waals surface area contributed by atoms with Gasteiger partial charge in [-0.2, -0.15) is 0 Å². The molecule has 0 unspecified atom stereocenters. The van der Waals surface area contributed by atoms with Gasteiger partial charge in [0, 0.05) is 55.2 Å². The maximum Gasteiger partial charge on any atom is 0.265 e. The molecule has 6 heteroatoms. The van der Waals surface area contributed by atoms with Crippen LogP contribution in [0.2, 0.25) is 5.02 Å². The molecule has 0 atom stereocenters. The maximum atomic E-state index is 14.0. The van der Waals surface area contributed by atoms with Crippen molar-refractivity contribution in [2.45, 2.75) is 6.42 Å². The summed E-state index contributed by atoms with van der Waals surface area (Å²) in [5, 5.41) is 9.66. The molecule has 0 fully saturated rings. The molecule has 2 amide bonds. The first-order chi connectivity index (χ1) is 22.4. The number of hydrogen-bond donors (Lipinski definition) is 0. The Morgan fingerprint density at radius 1 is 0.587 bits per heavy atom. The van der Waals surface area contributed by atoms with Crippen molar-refractivity contribution in [1.82, 2.24) is 4.57 Å². The quantitative estimate of drug-likeness (QED) is 0.0885. The molecule has 2 heterocycles. The molecule has 8 aromatic rings. The van der Waals surface area contributed by atoms with Gasteiger partial charge in [0.15, 0.2) is 0 Å². The summed E-state index contributed by atoms with van der Waals surface area (Å²) in [6.45, 7) is 4.34. The molecule has 0 N–H and O–H groups in total. The molecule has 0 spiro atoms. The second kappa shape index (κ2) is 9.28. The van der Waals surface area contributed by atoms with Crippen LogP contribution in [0.4, 0.5) is 5.69 Å². The summed E-state index contributed by atoms with van der Waals surface area (Å²) in [6.07, 6.45) is 5.92. The lowest BCUT2D eigenvalue weighted by atomic mass is 9.83. The van der Waals surface area contributed by atoms with Gasteiger partial charge in [-0.15, -0.1) is 12.3 Å². The number of carbonyl (C=O) groups excluding carboxylic acids is 2. The van der Waals surface area contributed by atoms with E-state index in [1.165, 1.54) is 4.90 Å². The molecule has 1 aromatic heterocycles. The number of nitrogens with zero attached hydrogens (tertiary/aromatic N) is 2. The number of halogens is 1. The van der Waals surface area contributed by atoms with E-state index in [-0.39, 0.29) is 17.4 Å². The van der Waals surface area contributed by atoms with Crippen LogP contribution in [0, 0.1) is 12.3 Å². The van der Waals surface area contributed by atoms with Gasteiger partial charge < -0.3 is 0 Å². The Labute approximate surface area is 266 Å². The molecule has 1 aliphatic heterocycles. The molecule has 0 saturated carbocycles. The highest BCUT2D eigenvalue weighted by atomic mass is 35.5. The van der Waals surface area contributed by atoms with E-state index >= 15 is 0 Å². The van der Waals surface area contributed by atoms with E-state index in [4.69, 9.17) is 18.0 Å². The molecule has 46 heavy (non-hydrogen) atoms. The third-order valence-corrected chi connectivity index (χ3v) is 9.62. The molecule has 0 bridgehead atoms. The van der Waals surface area contributed by atoms with Gasteiger partial charge in [-0.1, -0.05) is 60.6 Å². The van der Waals surface area contributed by atoms with Gasteiger partial charge in [-0.3, -0.25) is 19.0 Å². The Bertz CT molecular complexity index is 2680. The Balaban J connectivity index is 1.32. The Kier molecular flexibility index (Phi) is 5.33. The topological polar surface area (TPSA) is 59.4 Å². The number of amides is 2. The Morgan fingerprint density at radius 2 is 1.07 bits per heavy atom. The number of carbonyl (C=O) groups is 2. The first-order valence-electron chi connectivity index (χ1n) is 14.8. The largest absolute Gasteiger partial charge is 0.277 e. The van der Waals surface area contributed by atoms with Crippen molar-refractivity contribution in [3.63, 3.8) is 0 Å². The van der Waals surface area contributed by atoms with Gasteiger partial charge in [-0.05, 0) is 92.5 Å². The maximum absolute atomic E-state index is 14.0. The lowest BCUT2D eigenvalue weighted by molar-refractivity contribution is 0.0893. The van der Waals surface area contributed by atoms with Crippen molar-refractivity contribution in [1.29, 1.82) is 0 Å². The molecule has 9 rings (SSSR count). The van der Waals surface area contributed by atoms with Crippen LogP contribution in [0.1, 0.15) is 26.3 Å². The highest BCUT2D eigenvalue weighted by Gasteiger charge is 2.35. The second-order valence-electron chi connectivity index (χ2n) is 11.7. The SMILES string of the molecule is C#CCc1ccc(N2C(=O)c3ccc4c5ccc6c(=C)n(-c7ccc(Cl)cc7)c(=O)c7ccc(c8ccc(c3c48)C2=O)c5c67)cc1. The van der Waals surface area contributed by atoms with E-state index in [2.05, 4.69) is 18.6 Å². The van der Waals surface area contributed by atoms with Crippen molar-refractivity contribution >= 4 is 89.5 Å². The van der Waals surface area contributed by atoms with Crippen LogP contribution in [0.25, 0.3) is 66.1 Å². The standard InChI is InChI=1S/C40H21ClN2O3/c1-3-4-22-5-9-25(10-6-22)43-39(45)32-19-16-29-27-14-13-26-21(2)42(24-11-7-23(41)8-12-24)38(44)31-18-15-28(35(27)34(26)31)30-17-20-33(40(43)46)37(32)36(29)30/h1,5-20H,2,4H2. The van der Waals surface area contributed by atoms with Crippen LogP contribution in [0.3, 0.4) is 0 Å². The van der Waals surface area contributed by atoms with Gasteiger partial charge in [0.05, 0.1) is 5.69 Å². The molecule has 1 aliphatic rings. The van der Waals surface area contributed by atoms with Crippen LogP contribution in [0.15, 0.2) is 102 Å². The number of anilines is 1. The zero-order valence-corrected chi connectivity index (χ0v) is 25.0. The molecule has 0 saturated heterocycles. The monoisotopic (exact) mass is 612 g/mol. The van der Waals surface area contributed by atoms with Gasteiger partial charge >= 0.3 is 0 Å². The predicted molar refractivity (Wildman–Crippen MR) is 187 cm³/mol. The number of rotatable bonds is 3. The van der Waals surface area contributed by atoms with Gasteiger partial charge in [0.25, 0.3) is 17.4 Å². The van der Waals surface area contributed by atoms with Crippen molar-refractivity contribution in [2.75, 3.05) is 4.90 Å². The van der Waals surface area contributed by atoms with Crippen molar-refractivity contribution in [2.24, 2.45) is 0 Å². The zero-order chi connectivity index (χ0) is 31.4. The predicted octanol–water partition coefficient (Wildman–Crippen LogP) is 7.80. The van der Waals surface area contributed by atoms with Crippen LogP contribution >= 0.6 is 11.6 Å². The van der Waals surface area contributed by atoms with Crippen LogP contribution < -0.4 is 15.8 Å². The average molecular weight is 613 g/mol. The van der Waals surface area contributed by atoms with E-state index < -0.39 is 0 Å². The third kappa shape index (κ3) is 3.34. The summed E-state index contributed by atoms with van der Waals surface area (Å²) in [4.78, 5) is 43.2. The highest BCUT2D eigenvalue weighted by Crippen LogP contribution is 2.45. The summed E-state index contributed by atoms with van der Waals surface area (Å²) in [6, 6.07) is 29.8. The number of benzene rings is 7. The van der Waals surface area contributed by atoms with E-state index in [9.17, 15) is 14.4 Å². The number of aromatic nitrogens is 1. The van der Waals surface area contributed by atoms with Crippen LogP contribution in [-0.4, -0.2) is 16.4 Å². The zero-order valence-electron chi connectivity index (χ0n) is 24.2. The van der Waals surface area contributed by atoms with Gasteiger partial charge in [0.1, 0.15) is 0 Å². The van der Waals surface area contributed by atoms with Crippen LogP contribution in [-0.2, 0) is 6.42 Å². The molecular weight excluding hydrogens is 592 g/mol. The summed E-state index contributed by atoms with van der Waals surface area (Å²) in [5.74, 6) is 1.88. The number of fused-ring (bicyclic) bond motifs is 2. The summed E-state index contributed by atoms with van der Waals surface area (Å²) >= 11 is 6.13. The van der Waals surface area contributed by atoms with E-state index in [0.29, 0.717) is 50.1 Å². The summed E-state index contributed by atoms with van der Waals surface area (Å²) in [7, 11) is 0. The van der Waals surface area contributed by atoms with Crippen molar-refractivity contribution in [3.8, 4) is 18.0 Å². The Morgan fingerprint density at radius 3 is 1.65 bits per heavy atom. The number of pyridine rings is 1. The van der Waals surface area contributed by atoms with Gasteiger partial charge in [-0.25, -0.2) is 4.90 Å². The lowest BCUT2D eigenvalue weighted by Crippen LogP contribution is -2.40. The number of imide groups is 1. The highest BCUT2D eigenvalue weighted by molar-refractivity contribution is 6.43. The van der Waals surface area contributed by atoms with E-state index in [1.807, 2.05) is 66.7 Å². The normalized spacial score (nSPS) is 13.2. The fraction of sp³-hybridized carbons (Fsp3) is 0.0250. The first kappa shape index (κ1) is 26.4. The summed E-state index contributed by atoms with van der Waals surface area (Å²) < 4.78 is 1.63. The third-order valence-electron chi connectivity index (χ3n) is 9.37. The smallest absolute Gasteiger partial charge is 0.265 e. The lowest BCUT2D eigenvalue weighted by Gasteiger charge is -2.28. The summed E-state index contributed by atoms with van der Waals surface area (Å²) in [5.41, 5.74) is 2.90. The van der Waals surface area contributed by atoms with Crippen LogP contribution in [0.5, 0.6) is 0 Å². The number of terminal acetylenes is 1. The minimum Gasteiger partial charge on any atom is -0.277 e.